The summed E-state index contributed by atoms with van der Waals surface area (Å²) in [4.78, 5) is 1.45. The molecule has 2 aliphatic heterocycles. The summed E-state index contributed by atoms with van der Waals surface area (Å²) < 4.78 is 0. The van der Waals surface area contributed by atoms with Crippen LogP contribution in [0.5, 0.6) is 0 Å². The van der Waals surface area contributed by atoms with E-state index in [4.69, 9.17) is 17.0 Å². The first-order valence-corrected chi connectivity index (χ1v) is 9.92. The lowest BCUT2D eigenvalue weighted by Gasteiger charge is -2.43. The molecule has 0 saturated carbocycles. The van der Waals surface area contributed by atoms with E-state index in [9.17, 15) is 0 Å². The van der Waals surface area contributed by atoms with Crippen molar-refractivity contribution in [2.45, 2.75) is 59.8 Å². The van der Waals surface area contributed by atoms with Crippen LogP contribution >= 0.6 is 11.6 Å². The Labute approximate surface area is 169 Å². The minimum atomic E-state index is -0.559. The third-order valence-corrected chi connectivity index (χ3v) is 5.04. The quantitative estimate of drug-likeness (QED) is 0.552. The lowest BCUT2D eigenvalue weighted by molar-refractivity contribution is 0.512. The maximum atomic E-state index is 8.97. The van der Waals surface area contributed by atoms with Crippen LogP contribution in [0.25, 0.3) is 0 Å². The van der Waals surface area contributed by atoms with Gasteiger partial charge in [0, 0.05) is 17.2 Å². The van der Waals surface area contributed by atoms with Crippen molar-refractivity contribution in [3.05, 3.63) is 70.4 Å². The SMILES string of the molecule is C=C1NC2=CC(C)C(=C(/C)CC)/C(=C(C)\C=C/C)N2C(=N)/C1=C\C(C)(C)Cl. The van der Waals surface area contributed by atoms with Gasteiger partial charge in [-0.2, -0.15) is 0 Å². The summed E-state index contributed by atoms with van der Waals surface area (Å²) in [6, 6.07) is 0. The number of nitrogens with one attached hydrogen (secondary N) is 2. The summed E-state index contributed by atoms with van der Waals surface area (Å²) in [5.41, 5.74) is 6.31. The molecule has 0 amide bonds. The molecule has 146 valence electrons. The van der Waals surface area contributed by atoms with Crippen molar-refractivity contribution < 1.29 is 0 Å². The lowest BCUT2D eigenvalue weighted by Crippen LogP contribution is -2.46. The second-order valence-electron chi connectivity index (χ2n) is 7.83. The monoisotopic (exact) mass is 385 g/mol. The fourth-order valence-corrected chi connectivity index (χ4v) is 3.77. The van der Waals surface area contributed by atoms with Gasteiger partial charge in [-0.15, -0.1) is 11.6 Å². The highest BCUT2D eigenvalue weighted by Gasteiger charge is 2.37. The van der Waals surface area contributed by atoms with E-state index in [1.165, 1.54) is 11.1 Å². The molecule has 2 aliphatic rings. The van der Waals surface area contributed by atoms with E-state index in [1.807, 2.05) is 37.8 Å². The average molecular weight is 386 g/mol. The Bertz CT molecular complexity index is 813. The normalized spacial score (nSPS) is 26.2. The number of nitrogens with zero attached hydrogens (tertiary/aromatic N) is 1. The van der Waals surface area contributed by atoms with Gasteiger partial charge in [-0.25, -0.2) is 0 Å². The number of hydrogen-bond donors (Lipinski definition) is 2. The highest BCUT2D eigenvalue weighted by atomic mass is 35.5. The molecule has 2 rings (SSSR count). The minimum Gasteiger partial charge on any atom is -0.341 e. The second-order valence-corrected chi connectivity index (χ2v) is 8.80. The molecule has 0 aliphatic carbocycles. The van der Waals surface area contributed by atoms with Crippen molar-refractivity contribution in [3.8, 4) is 0 Å². The summed E-state index contributed by atoms with van der Waals surface area (Å²) in [5.74, 6) is 1.56. The van der Waals surface area contributed by atoms with Gasteiger partial charge in [0.05, 0.1) is 10.6 Å². The number of fused-ring (bicyclic) bond motifs is 1. The maximum Gasteiger partial charge on any atom is 0.140 e. The molecule has 2 heterocycles. The van der Waals surface area contributed by atoms with E-state index >= 15 is 0 Å². The van der Waals surface area contributed by atoms with Crippen molar-refractivity contribution in [2.24, 2.45) is 5.92 Å². The lowest BCUT2D eigenvalue weighted by atomic mass is 9.85. The summed E-state index contributed by atoms with van der Waals surface area (Å²) in [6.45, 7) is 18.7. The van der Waals surface area contributed by atoms with Gasteiger partial charge in [0.1, 0.15) is 11.7 Å². The first-order valence-electron chi connectivity index (χ1n) is 9.54. The minimum absolute atomic E-state index is 0.259. The Morgan fingerprint density at radius 3 is 2.56 bits per heavy atom. The molecule has 3 nitrogen and oxygen atoms in total. The van der Waals surface area contributed by atoms with E-state index in [-0.39, 0.29) is 5.92 Å². The molecule has 1 unspecified atom stereocenters. The van der Waals surface area contributed by atoms with Gasteiger partial charge in [0.25, 0.3) is 0 Å². The van der Waals surface area contributed by atoms with Crippen molar-refractivity contribution in [1.29, 1.82) is 5.41 Å². The number of alkyl halides is 1. The highest BCUT2D eigenvalue weighted by molar-refractivity contribution is 6.25. The number of allylic oxidation sites excluding steroid dienone is 7. The van der Waals surface area contributed by atoms with Crippen LogP contribution in [-0.4, -0.2) is 15.6 Å². The molecule has 27 heavy (non-hydrogen) atoms. The summed E-state index contributed by atoms with van der Waals surface area (Å²) >= 11 is 6.44. The molecular weight excluding hydrogens is 354 g/mol. The Morgan fingerprint density at radius 2 is 2.04 bits per heavy atom. The fourth-order valence-electron chi connectivity index (χ4n) is 3.66. The molecule has 0 spiro atoms. The number of halogens is 1. The third kappa shape index (κ3) is 4.30. The molecule has 0 aromatic carbocycles. The fraction of sp³-hybridized carbons (Fsp3) is 0.435. The number of rotatable bonds is 3. The van der Waals surface area contributed by atoms with E-state index < -0.39 is 4.87 Å². The zero-order valence-electron chi connectivity index (χ0n) is 17.6. The topological polar surface area (TPSA) is 39.1 Å². The molecule has 0 bridgehead atoms. The molecule has 1 fully saturated rings. The van der Waals surface area contributed by atoms with Crippen LogP contribution in [0.1, 0.15) is 54.9 Å². The molecule has 4 heteroatoms. The number of hydrogen-bond acceptors (Lipinski definition) is 2. The molecule has 2 N–H and O–H groups in total. The Kier molecular flexibility index (Phi) is 6.26. The largest absolute Gasteiger partial charge is 0.341 e. The zero-order chi connectivity index (χ0) is 20.5. The van der Waals surface area contributed by atoms with E-state index in [1.54, 1.807) is 0 Å². The van der Waals surface area contributed by atoms with Crippen LogP contribution in [-0.2, 0) is 0 Å². The van der Waals surface area contributed by atoms with E-state index in [0.717, 1.165) is 29.1 Å². The smallest absolute Gasteiger partial charge is 0.140 e. The van der Waals surface area contributed by atoms with Crippen LogP contribution < -0.4 is 5.32 Å². The molecule has 0 radical (unpaired) electrons. The molecule has 0 aromatic rings. The first kappa shape index (κ1) is 21.3. The van der Waals surface area contributed by atoms with Crippen molar-refractivity contribution in [2.75, 3.05) is 0 Å². The molecule has 1 atom stereocenters. The molecule has 0 aromatic heterocycles. The predicted octanol–water partition coefficient (Wildman–Crippen LogP) is 6.39. The third-order valence-electron chi connectivity index (χ3n) is 4.93. The van der Waals surface area contributed by atoms with E-state index in [2.05, 4.69) is 51.7 Å². The maximum absolute atomic E-state index is 8.97. The van der Waals surface area contributed by atoms with Gasteiger partial charge in [-0.05, 0) is 58.3 Å². The van der Waals surface area contributed by atoms with Gasteiger partial charge >= 0.3 is 0 Å². The van der Waals surface area contributed by atoms with Crippen LogP contribution in [0.3, 0.4) is 0 Å². The number of amidine groups is 1. The van der Waals surface area contributed by atoms with Crippen LogP contribution in [0.15, 0.2) is 70.4 Å². The van der Waals surface area contributed by atoms with Gasteiger partial charge in [-0.1, -0.05) is 44.2 Å². The van der Waals surface area contributed by atoms with Crippen LogP contribution in [0.2, 0.25) is 0 Å². The standard InChI is InChI=1S/C23H32ClN3/c1-9-11-15(4)21-20(14(3)10-2)16(5)12-19-26-17(6)18(13-23(7,8)24)22(25)27(19)21/h9,11-13,16,25-26H,6,10H2,1-5,7-8H3/b11-9-,18-13-,20-14+,21-15+,25-22?. The second kappa shape index (κ2) is 7.93. The van der Waals surface area contributed by atoms with Gasteiger partial charge in [0.15, 0.2) is 0 Å². The summed E-state index contributed by atoms with van der Waals surface area (Å²) in [7, 11) is 0. The predicted molar refractivity (Wildman–Crippen MR) is 118 cm³/mol. The Balaban J connectivity index is 2.78. The summed E-state index contributed by atoms with van der Waals surface area (Å²) in [5, 5.41) is 12.4. The van der Waals surface area contributed by atoms with Crippen molar-refractivity contribution in [1.82, 2.24) is 10.2 Å². The highest BCUT2D eigenvalue weighted by Crippen LogP contribution is 2.41. The Hall–Kier alpha value is -2.00. The van der Waals surface area contributed by atoms with Gasteiger partial charge in [-0.3, -0.25) is 10.3 Å². The van der Waals surface area contributed by atoms with Crippen LogP contribution in [0.4, 0.5) is 0 Å². The Morgan fingerprint density at radius 1 is 1.41 bits per heavy atom. The van der Waals surface area contributed by atoms with Gasteiger partial charge in [0.2, 0.25) is 0 Å². The first-order chi connectivity index (χ1) is 12.5. The summed E-state index contributed by atoms with van der Waals surface area (Å²) in [6.07, 6.45) is 9.22. The molecular formula is C23H32ClN3. The van der Waals surface area contributed by atoms with Crippen molar-refractivity contribution >= 4 is 17.4 Å². The molecule has 1 saturated heterocycles. The van der Waals surface area contributed by atoms with E-state index in [0.29, 0.717) is 11.5 Å². The van der Waals surface area contributed by atoms with Crippen LogP contribution in [0, 0.1) is 11.3 Å². The van der Waals surface area contributed by atoms with Crippen molar-refractivity contribution in [3.63, 3.8) is 0 Å². The average Bonchev–Trinajstić information content (AvgIpc) is 2.56. The zero-order valence-corrected chi connectivity index (χ0v) is 18.4. The van der Waals surface area contributed by atoms with Gasteiger partial charge < -0.3 is 5.32 Å².